The first kappa shape index (κ1) is 12.5. The average Bonchev–Trinajstić information content (AvgIpc) is 2.37. The summed E-state index contributed by atoms with van der Waals surface area (Å²) in [6.45, 7) is 2.54. The number of amides is 1. The van der Waals surface area contributed by atoms with Gasteiger partial charge in [-0.15, -0.1) is 0 Å². The maximum absolute atomic E-state index is 11.7. The molecule has 102 valence electrons. The molecule has 2 aliphatic rings. The Morgan fingerprint density at radius 1 is 1.26 bits per heavy atom. The summed E-state index contributed by atoms with van der Waals surface area (Å²) in [5.41, 5.74) is 1.02. The van der Waals surface area contributed by atoms with E-state index in [-0.39, 0.29) is 6.09 Å². The van der Waals surface area contributed by atoms with Crippen molar-refractivity contribution >= 4 is 6.09 Å². The van der Waals surface area contributed by atoms with Crippen LogP contribution < -0.4 is 10.6 Å². The van der Waals surface area contributed by atoms with Crippen LogP contribution in [0.3, 0.4) is 0 Å². The van der Waals surface area contributed by atoms with Crippen LogP contribution in [-0.4, -0.2) is 25.2 Å². The number of ether oxygens (including phenoxy) is 1. The molecule has 2 N–H and O–H groups in total. The van der Waals surface area contributed by atoms with Crippen LogP contribution in [-0.2, 0) is 11.3 Å². The van der Waals surface area contributed by atoms with E-state index < -0.39 is 0 Å². The van der Waals surface area contributed by atoms with Gasteiger partial charge in [-0.1, -0.05) is 30.3 Å². The highest BCUT2D eigenvalue weighted by molar-refractivity contribution is 5.67. The third-order valence-corrected chi connectivity index (χ3v) is 4.26. The lowest BCUT2D eigenvalue weighted by atomic mass is 9.69. The van der Waals surface area contributed by atoms with E-state index in [9.17, 15) is 4.79 Å². The Morgan fingerprint density at radius 2 is 2.05 bits per heavy atom. The molecule has 3 rings (SSSR count). The second kappa shape index (κ2) is 5.61. The molecule has 4 nitrogen and oxygen atoms in total. The van der Waals surface area contributed by atoms with E-state index in [1.807, 2.05) is 30.3 Å². The SMILES string of the molecule is O=C(NC1CCC1C1CNC1)OCc1ccccc1. The first-order chi connectivity index (χ1) is 9.33. The van der Waals surface area contributed by atoms with Crippen LogP contribution in [0.4, 0.5) is 4.79 Å². The molecule has 1 saturated carbocycles. The fourth-order valence-corrected chi connectivity index (χ4v) is 2.80. The predicted octanol–water partition coefficient (Wildman–Crippen LogP) is 1.91. The van der Waals surface area contributed by atoms with Crippen LogP contribution in [0.2, 0.25) is 0 Å². The van der Waals surface area contributed by atoms with E-state index in [0.717, 1.165) is 31.0 Å². The Balaban J connectivity index is 1.41. The van der Waals surface area contributed by atoms with Crippen molar-refractivity contribution in [1.29, 1.82) is 0 Å². The van der Waals surface area contributed by atoms with E-state index in [1.54, 1.807) is 0 Å². The number of benzene rings is 1. The van der Waals surface area contributed by atoms with Gasteiger partial charge in [-0.05, 0) is 43.3 Å². The number of carbonyl (C=O) groups excluding carboxylic acids is 1. The fraction of sp³-hybridized carbons (Fsp3) is 0.533. The minimum atomic E-state index is -0.286. The van der Waals surface area contributed by atoms with Gasteiger partial charge in [0.1, 0.15) is 6.61 Å². The monoisotopic (exact) mass is 260 g/mol. The number of nitrogens with one attached hydrogen (secondary N) is 2. The number of alkyl carbamates (subject to hydrolysis) is 1. The number of hydrogen-bond donors (Lipinski definition) is 2. The minimum absolute atomic E-state index is 0.286. The van der Waals surface area contributed by atoms with Crippen LogP contribution in [0.5, 0.6) is 0 Å². The lowest BCUT2D eigenvalue weighted by molar-refractivity contribution is 0.0808. The summed E-state index contributed by atoms with van der Waals surface area (Å²) >= 11 is 0. The summed E-state index contributed by atoms with van der Waals surface area (Å²) in [5.74, 6) is 1.39. The molecule has 0 bridgehead atoms. The van der Waals surface area contributed by atoms with Crippen molar-refractivity contribution in [1.82, 2.24) is 10.6 Å². The molecule has 1 aliphatic heterocycles. The molecule has 2 atom stereocenters. The van der Waals surface area contributed by atoms with Gasteiger partial charge in [0, 0.05) is 6.04 Å². The minimum Gasteiger partial charge on any atom is -0.445 e. The van der Waals surface area contributed by atoms with E-state index in [0.29, 0.717) is 18.6 Å². The van der Waals surface area contributed by atoms with E-state index in [4.69, 9.17) is 4.74 Å². The molecule has 0 spiro atoms. The van der Waals surface area contributed by atoms with Gasteiger partial charge in [0.15, 0.2) is 0 Å². The number of hydrogen-bond acceptors (Lipinski definition) is 3. The predicted molar refractivity (Wildman–Crippen MR) is 72.6 cm³/mol. The Bertz CT molecular complexity index is 431. The molecule has 1 aliphatic carbocycles. The van der Waals surface area contributed by atoms with Gasteiger partial charge in [-0.2, -0.15) is 0 Å². The van der Waals surface area contributed by atoms with Gasteiger partial charge < -0.3 is 15.4 Å². The smallest absolute Gasteiger partial charge is 0.407 e. The summed E-state index contributed by atoms with van der Waals surface area (Å²) in [4.78, 5) is 11.7. The summed E-state index contributed by atoms with van der Waals surface area (Å²) in [6, 6.07) is 10.1. The molecule has 2 fully saturated rings. The van der Waals surface area contributed by atoms with Crippen molar-refractivity contribution in [3.8, 4) is 0 Å². The van der Waals surface area contributed by atoms with Gasteiger partial charge in [-0.3, -0.25) is 0 Å². The third kappa shape index (κ3) is 2.89. The largest absolute Gasteiger partial charge is 0.445 e. The second-order valence-corrected chi connectivity index (χ2v) is 5.47. The maximum atomic E-state index is 11.7. The van der Waals surface area contributed by atoms with E-state index in [1.165, 1.54) is 6.42 Å². The summed E-state index contributed by atoms with van der Waals surface area (Å²) in [5, 5.41) is 6.28. The molecule has 1 saturated heterocycles. The zero-order valence-corrected chi connectivity index (χ0v) is 11.0. The fourth-order valence-electron chi connectivity index (χ4n) is 2.80. The lowest BCUT2D eigenvalue weighted by Crippen LogP contribution is -2.57. The summed E-state index contributed by atoms with van der Waals surface area (Å²) in [6.07, 6.45) is 2.03. The molecule has 0 aromatic heterocycles. The second-order valence-electron chi connectivity index (χ2n) is 5.47. The molecule has 0 radical (unpaired) electrons. The van der Waals surface area contributed by atoms with Crippen LogP contribution in [0, 0.1) is 11.8 Å². The standard InChI is InChI=1S/C15H20N2O2/c18-15(19-10-11-4-2-1-3-5-11)17-14-7-6-13(14)12-8-16-9-12/h1-5,12-14,16H,6-10H2,(H,17,18). The van der Waals surface area contributed by atoms with Crippen LogP contribution in [0.1, 0.15) is 18.4 Å². The van der Waals surface area contributed by atoms with Crippen LogP contribution in [0.15, 0.2) is 30.3 Å². The van der Waals surface area contributed by atoms with Gasteiger partial charge in [0.2, 0.25) is 0 Å². The maximum Gasteiger partial charge on any atom is 0.407 e. The highest BCUT2D eigenvalue weighted by atomic mass is 16.5. The van der Waals surface area contributed by atoms with E-state index >= 15 is 0 Å². The summed E-state index contributed by atoms with van der Waals surface area (Å²) in [7, 11) is 0. The Hall–Kier alpha value is -1.55. The third-order valence-electron chi connectivity index (χ3n) is 4.26. The van der Waals surface area contributed by atoms with Crippen LogP contribution in [0.25, 0.3) is 0 Å². The summed E-state index contributed by atoms with van der Waals surface area (Å²) < 4.78 is 5.25. The first-order valence-electron chi connectivity index (χ1n) is 7.01. The van der Waals surface area contributed by atoms with Crippen molar-refractivity contribution in [2.24, 2.45) is 11.8 Å². The molecule has 1 amide bonds. The normalized spacial score (nSPS) is 26.1. The van der Waals surface area contributed by atoms with Crippen molar-refractivity contribution in [3.05, 3.63) is 35.9 Å². The Morgan fingerprint density at radius 3 is 2.63 bits per heavy atom. The first-order valence-corrected chi connectivity index (χ1v) is 7.01. The zero-order chi connectivity index (χ0) is 13.1. The molecule has 1 aromatic carbocycles. The average molecular weight is 260 g/mol. The van der Waals surface area contributed by atoms with Crippen LogP contribution >= 0.6 is 0 Å². The zero-order valence-electron chi connectivity index (χ0n) is 11.0. The highest BCUT2D eigenvalue weighted by Crippen LogP contribution is 2.35. The quantitative estimate of drug-likeness (QED) is 0.869. The van der Waals surface area contributed by atoms with Crippen molar-refractivity contribution < 1.29 is 9.53 Å². The van der Waals surface area contributed by atoms with Gasteiger partial charge in [-0.25, -0.2) is 4.79 Å². The van der Waals surface area contributed by atoms with Gasteiger partial charge in [0.25, 0.3) is 0 Å². The molecular weight excluding hydrogens is 240 g/mol. The molecule has 4 heteroatoms. The molecular formula is C15H20N2O2. The highest BCUT2D eigenvalue weighted by Gasteiger charge is 2.40. The lowest BCUT2D eigenvalue weighted by Gasteiger charge is -2.45. The molecule has 1 aromatic rings. The van der Waals surface area contributed by atoms with Crippen molar-refractivity contribution in [2.45, 2.75) is 25.5 Å². The Labute approximate surface area is 113 Å². The van der Waals surface area contributed by atoms with E-state index in [2.05, 4.69) is 10.6 Å². The van der Waals surface area contributed by atoms with Gasteiger partial charge >= 0.3 is 6.09 Å². The molecule has 1 heterocycles. The molecule has 2 unspecified atom stereocenters. The van der Waals surface area contributed by atoms with Gasteiger partial charge in [0.05, 0.1) is 0 Å². The van der Waals surface area contributed by atoms with Crippen molar-refractivity contribution in [2.75, 3.05) is 13.1 Å². The topological polar surface area (TPSA) is 50.4 Å². The number of carbonyl (C=O) groups is 1. The Kier molecular flexibility index (Phi) is 3.69. The van der Waals surface area contributed by atoms with Crippen molar-refractivity contribution in [3.63, 3.8) is 0 Å². The molecule has 19 heavy (non-hydrogen) atoms. The number of rotatable bonds is 4.